The number of rotatable bonds is 5. The third-order valence-electron chi connectivity index (χ3n) is 4.23. The average Bonchev–Trinajstić information content (AvgIpc) is 2.86. The highest BCUT2D eigenvalue weighted by Crippen LogP contribution is 2.23. The van der Waals surface area contributed by atoms with Crippen LogP contribution in [0.4, 0.5) is 5.69 Å². The van der Waals surface area contributed by atoms with Gasteiger partial charge in [-0.25, -0.2) is 0 Å². The van der Waals surface area contributed by atoms with E-state index in [1.165, 1.54) is 4.90 Å². The minimum atomic E-state index is -0.498. The Morgan fingerprint density at radius 3 is 2.22 bits per heavy atom. The van der Waals surface area contributed by atoms with E-state index in [0.29, 0.717) is 22.6 Å². The number of carbonyl (C=O) groups is 3. The standard InChI is InChI=1S/C21H22N2O4/c1-21(2,3)20(26)22-14-7-6-8-15(13-14)27-12-11-23-18(24)16-9-4-5-10-17(16)19(23)25/h4-10,13H,11-12H2,1-3H3,(H,22,26). The van der Waals surface area contributed by atoms with Gasteiger partial charge in [0.1, 0.15) is 12.4 Å². The van der Waals surface area contributed by atoms with Gasteiger partial charge >= 0.3 is 0 Å². The molecule has 0 saturated carbocycles. The van der Waals surface area contributed by atoms with Gasteiger partial charge < -0.3 is 10.1 Å². The third kappa shape index (κ3) is 4.00. The minimum absolute atomic E-state index is 0.0920. The molecule has 1 heterocycles. The lowest BCUT2D eigenvalue weighted by Gasteiger charge is -2.18. The first kappa shape index (κ1) is 18.6. The van der Waals surface area contributed by atoms with Crippen molar-refractivity contribution in [1.82, 2.24) is 4.90 Å². The average molecular weight is 366 g/mol. The zero-order valence-electron chi connectivity index (χ0n) is 15.6. The van der Waals surface area contributed by atoms with Crippen LogP contribution in [0.2, 0.25) is 0 Å². The molecule has 0 atom stereocenters. The molecule has 1 aliphatic rings. The lowest BCUT2D eigenvalue weighted by Crippen LogP contribution is -2.33. The van der Waals surface area contributed by atoms with Gasteiger partial charge in [0.2, 0.25) is 5.91 Å². The van der Waals surface area contributed by atoms with Gasteiger partial charge in [-0.1, -0.05) is 39.0 Å². The van der Waals surface area contributed by atoms with Crippen LogP contribution < -0.4 is 10.1 Å². The Labute approximate surface area is 158 Å². The molecule has 140 valence electrons. The number of nitrogens with one attached hydrogen (secondary N) is 1. The third-order valence-corrected chi connectivity index (χ3v) is 4.23. The highest BCUT2D eigenvalue weighted by molar-refractivity contribution is 6.21. The molecule has 0 aromatic heterocycles. The number of hydrogen-bond donors (Lipinski definition) is 1. The Morgan fingerprint density at radius 2 is 1.63 bits per heavy atom. The van der Waals surface area contributed by atoms with E-state index in [4.69, 9.17) is 4.74 Å². The predicted molar refractivity (Wildman–Crippen MR) is 102 cm³/mol. The van der Waals surface area contributed by atoms with Crippen LogP contribution in [0.1, 0.15) is 41.5 Å². The number of imide groups is 1. The maximum absolute atomic E-state index is 12.3. The quantitative estimate of drug-likeness (QED) is 0.824. The molecule has 0 fully saturated rings. The zero-order chi connectivity index (χ0) is 19.6. The van der Waals surface area contributed by atoms with Crippen molar-refractivity contribution in [3.63, 3.8) is 0 Å². The van der Waals surface area contributed by atoms with Crippen molar-refractivity contribution in [2.45, 2.75) is 20.8 Å². The summed E-state index contributed by atoms with van der Waals surface area (Å²) in [5, 5.41) is 2.84. The van der Waals surface area contributed by atoms with Gasteiger partial charge in [0, 0.05) is 17.2 Å². The van der Waals surface area contributed by atoms with Crippen LogP contribution in [0, 0.1) is 5.41 Å². The van der Waals surface area contributed by atoms with E-state index in [1.54, 1.807) is 48.5 Å². The van der Waals surface area contributed by atoms with Crippen molar-refractivity contribution in [2.24, 2.45) is 5.41 Å². The zero-order valence-corrected chi connectivity index (χ0v) is 15.6. The van der Waals surface area contributed by atoms with Crippen molar-refractivity contribution >= 4 is 23.4 Å². The summed E-state index contributed by atoms with van der Waals surface area (Å²) in [6.45, 7) is 5.84. The fourth-order valence-corrected chi connectivity index (χ4v) is 2.68. The first-order chi connectivity index (χ1) is 12.8. The van der Waals surface area contributed by atoms with Gasteiger partial charge in [-0.2, -0.15) is 0 Å². The van der Waals surface area contributed by atoms with Crippen molar-refractivity contribution in [3.05, 3.63) is 59.7 Å². The Balaban J connectivity index is 1.59. The molecule has 6 nitrogen and oxygen atoms in total. The summed E-state index contributed by atoms with van der Waals surface area (Å²) in [5.41, 5.74) is 0.986. The number of anilines is 1. The van der Waals surface area contributed by atoms with Gasteiger partial charge in [0.05, 0.1) is 17.7 Å². The number of hydrogen-bond acceptors (Lipinski definition) is 4. The van der Waals surface area contributed by atoms with E-state index < -0.39 is 5.41 Å². The van der Waals surface area contributed by atoms with Crippen molar-refractivity contribution in [3.8, 4) is 5.75 Å². The topological polar surface area (TPSA) is 75.7 Å². The molecule has 0 saturated heterocycles. The van der Waals surface area contributed by atoms with Gasteiger partial charge in [0.25, 0.3) is 11.8 Å². The van der Waals surface area contributed by atoms with Crippen LogP contribution in [0.25, 0.3) is 0 Å². The fourth-order valence-electron chi connectivity index (χ4n) is 2.68. The van der Waals surface area contributed by atoms with Gasteiger partial charge in [-0.15, -0.1) is 0 Å². The van der Waals surface area contributed by atoms with E-state index in [1.807, 2.05) is 20.8 Å². The summed E-state index contributed by atoms with van der Waals surface area (Å²) < 4.78 is 5.67. The molecular formula is C21H22N2O4. The molecule has 1 N–H and O–H groups in total. The van der Waals surface area contributed by atoms with Crippen LogP contribution >= 0.6 is 0 Å². The van der Waals surface area contributed by atoms with Crippen LogP contribution in [0.3, 0.4) is 0 Å². The SMILES string of the molecule is CC(C)(C)C(=O)Nc1cccc(OCCN2C(=O)c3ccccc3C2=O)c1. The molecule has 0 bridgehead atoms. The molecule has 2 aromatic rings. The molecule has 2 aromatic carbocycles. The number of amides is 3. The first-order valence-electron chi connectivity index (χ1n) is 8.77. The number of fused-ring (bicyclic) bond motifs is 1. The van der Waals surface area contributed by atoms with Crippen LogP contribution in [0.5, 0.6) is 5.75 Å². The highest BCUT2D eigenvalue weighted by Gasteiger charge is 2.34. The molecule has 0 aliphatic carbocycles. The van der Waals surface area contributed by atoms with Gasteiger partial charge in [0.15, 0.2) is 0 Å². The Morgan fingerprint density at radius 1 is 1.00 bits per heavy atom. The Hall–Kier alpha value is -3.15. The van der Waals surface area contributed by atoms with E-state index in [0.717, 1.165) is 0 Å². The second kappa shape index (κ2) is 7.23. The predicted octanol–water partition coefficient (Wildman–Crippen LogP) is 3.35. The van der Waals surface area contributed by atoms with E-state index in [-0.39, 0.29) is 30.9 Å². The van der Waals surface area contributed by atoms with Gasteiger partial charge in [-0.3, -0.25) is 19.3 Å². The number of ether oxygens (including phenoxy) is 1. The maximum atomic E-state index is 12.3. The second-order valence-electron chi connectivity index (χ2n) is 7.39. The number of carbonyl (C=O) groups excluding carboxylic acids is 3. The number of nitrogens with zero attached hydrogens (tertiary/aromatic N) is 1. The van der Waals surface area contributed by atoms with Crippen molar-refractivity contribution < 1.29 is 19.1 Å². The van der Waals surface area contributed by atoms with Crippen LogP contribution in [-0.4, -0.2) is 35.8 Å². The van der Waals surface area contributed by atoms with E-state index in [2.05, 4.69) is 5.32 Å². The highest BCUT2D eigenvalue weighted by atomic mass is 16.5. The summed E-state index contributed by atoms with van der Waals surface area (Å²) in [4.78, 5) is 37.9. The smallest absolute Gasteiger partial charge is 0.261 e. The first-order valence-corrected chi connectivity index (χ1v) is 8.77. The van der Waals surface area contributed by atoms with Crippen LogP contribution in [0.15, 0.2) is 48.5 Å². The van der Waals surface area contributed by atoms with Crippen molar-refractivity contribution in [1.29, 1.82) is 0 Å². The summed E-state index contributed by atoms with van der Waals surface area (Å²) in [6, 6.07) is 13.8. The van der Waals surface area contributed by atoms with E-state index in [9.17, 15) is 14.4 Å². The summed E-state index contributed by atoms with van der Waals surface area (Å²) in [6.07, 6.45) is 0. The number of benzene rings is 2. The Kier molecular flexibility index (Phi) is 4.99. The van der Waals surface area contributed by atoms with Gasteiger partial charge in [-0.05, 0) is 24.3 Å². The molecule has 0 radical (unpaired) electrons. The summed E-state index contributed by atoms with van der Waals surface area (Å²) >= 11 is 0. The second-order valence-corrected chi connectivity index (χ2v) is 7.39. The summed E-state index contributed by atoms with van der Waals surface area (Å²) in [5.74, 6) is -0.139. The molecule has 3 rings (SSSR count). The maximum Gasteiger partial charge on any atom is 0.261 e. The molecule has 0 unspecified atom stereocenters. The molecule has 0 spiro atoms. The molecule has 27 heavy (non-hydrogen) atoms. The fraction of sp³-hybridized carbons (Fsp3) is 0.286. The molecule has 6 heteroatoms. The lowest BCUT2D eigenvalue weighted by atomic mass is 9.95. The monoisotopic (exact) mass is 366 g/mol. The lowest BCUT2D eigenvalue weighted by molar-refractivity contribution is -0.123. The van der Waals surface area contributed by atoms with Crippen molar-refractivity contribution in [2.75, 3.05) is 18.5 Å². The Bertz CT molecular complexity index is 864. The summed E-state index contributed by atoms with van der Waals surface area (Å²) in [7, 11) is 0. The molecule has 1 aliphatic heterocycles. The molecular weight excluding hydrogens is 344 g/mol. The molecule has 3 amide bonds. The normalized spacial score (nSPS) is 13.5. The minimum Gasteiger partial charge on any atom is -0.492 e. The van der Waals surface area contributed by atoms with E-state index >= 15 is 0 Å². The van der Waals surface area contributed by atoms with Crippen LogP contribution in [-0.2, 0) is 4.79 Å². The largest absolute Gasteiger partial charge is 0.492 e.